The molecule has 3 heteroatoms. The summed E-state index contributed by atoms with van der Waals surface area (Å²) in [5.41, 5.74) is 3.74. The summed E-state index contributed by atoms with van der Waals surface area (Å²) in [6, 6.07) is 4.23. The number of nitrogens with zero attached hydrogens (tertiary/aromatic N) is 1. The van der Waals surface area contributed by atoms with E-state index in [0.717, 1.165) is 12.3 Å². The van der Waals surface area contributed by atoms with E-state index in [1.54, 1.807) is 5.01 Å². The predicted octanol–water partition coefficient (Wildman–Crippen LogP) is 1.80. The van der Waals surface area contributed by atoms with Crippen LogP contribution in [0.5, 0.6) is 5.75 Å². The van der Waals surface area contributed by atoms with Crippen molar-refractivity contribution in [1.82, 2.24) is 5.01 Å². The molecule has 0 amide bonds. The molecule has 0 fully saturated rings. The van der Waals surface area contributed by atoms with Crippen LogP contribution >= 0.6 is 0 Å². The van der Waals surface area contributed by atoms with Crippen LogP contribution in [0.4, 0.5) is 0 Å². The van der Waals surface area contributed by atoms with Gasteiger partial charge in [0.2, 0.25) is 0 Å². The van der Waals surface area contributed by atoms with Gasteiger partial charge in [0.1, 0.15) is 12.4 Å². The molecule has 0 aliphatic carbocycles. The molecule has 3 nitrogen and oxygen atoms in total. The molecule has 0 saturated carbocycles. The lowest BCUT2D eigenvalue weighted by atomic mass is 10.1. The van der Waals surface area contributed by atoms with Crippen molar-refractivity contribution < 1.29 is 4.74 Å². The number of hydrogen-bond donors (Lipinski definition) is 1. The Morgan fingerprint density at radius 2 is 1.73 bits per heavy atom. The van der Waals surface area contributed by atoms with Crippen molar-refractivity contribution in [1.29, 1.82) is 0 Å². The summed E-state index contributed by atoms with van der Waals surface area (Å²) in [4.78, 5) is 0. The van der Waals surface area contributed by atoms with Crippen LogP contribution < -0.4 is 10.6 Å². The molecular weight excluding hydrogens is 188 g/mol. The maximum atomic E-state index is 5.66. The molecule has 0 bridgehead atoms. The molecule has 1 aromatic carbocycles. The summed E-state index contributed by atoms with van der Waals surface area (Å²) in [6.07, 6.45) is 0. The van der Waals surface area contributed by atoms with Crippen LogP contribution in [0.3, 0.4) is 0 Å². The van der Waals surface area contributed by atoms with E-state index in [4.69, 9.17) is 10.6 Å². The third-order valence-corrected chi connectivity index (χ3v) is 2.49. The monoisotopic (exact) mass is 208 g/mol. The van der Waals surface area contributed by atoms with Gasteiger partial charge in [-0.2, -0.15) is 0 Å². The highest BCUT2D eigenvalue weighted by Gasteiger charge is 2.02. The SMILES string of the molecule is Cc1cc(C)c(OCCN(C)N)cc1C. The molecule has 0 radical (unpaired) electrons. The van der Waals surface area contributed by atoms with Gasteiger partial charge in [0, 0.05) is 13.6 Å². The van der Waals surface area contributed by atoms with Crippen LogP contribution in [0.2, 0.25) is 0 Å². The normalized spacial score (nSPS) is 10.8. The Bertz CT molecular complexity index is 335. The molecular formula is C12H20N2O. The average Bonchev–Trinajstić information content (AvgIpc) is 2.13. The van der Waals surface area contributed by atoms with E-state index < -0.39 is 0 Å². The van der Waals surface area contributed by atoms with Crippen molar-refractivity contribution in [3.05, 3.63) is 28.8 Å². The van der Waals surface area contributed by atoms with Crippen molar-refractivity contribution in [3.63, 3.8) is 0 Å². The molecule has 0 heterocycles. The summed E-state index contributed by atoms with van der Waals surface area (Å²) < 4.78 is 5.66. The van der Waals surface area contributed by atoms with Gasteiger partial charge in [-0.05, 0) is 43.5 Å². The second kappa shape index (κ2) is 5.14. The molecule has 0 aromatic heterocycles. The van der Waals surface area contributed by atoms with E-state index in [1.807, 2.05) is 7.05 Å². The van der Waals surface area contributed by atoms with Crippen LogP contribution in [0.25, 0.3) is 0 Å². The number of benzene rings is 1. The molecule has 0 aliphatic heterocycles. The van der Waals surface area contributed by atoms with Gasteiger partial charge < -0.3 is 4.74 Å². The van der Waals surface area contributed by atoms with E-state index in [2.05, 4.69) is 32.9 Å². The topological polar surface area (TPSA) is 38.5 Å². The van der Waals surface area contributed by atoms with E-state index >= 15 is 0 Å². The number of likely N-dealkylation sites (N-methyl/N-ethyl adjacent to an activating group) is 1. The lowest BCUT2D eigenvalue weighted by molar-refractivity contribution is 0.240. The summed E-state index contributed by atoms with van der Waals surface area (Å²) in [7, 11) is 1.83. The zero-order valence-electron chi connectivity index (χ0n) is 10.0. The molecule has 0 saturated heterocycles. The van der Waals surface area contributed by atoms with Crippen LogP contribution in [-0.4, -0.2) is 25.2 Å². The van der Waals surface area contributed by atoms with Gasteiger partial charge in [-0.15, -0.1) is 0 Å². The molecule has 1 rings (SSSR count). The van der Waals surface area contributed by atoms with E-state index in [-0.39, 0.29) is 0 Å². The maximum Gasteiger partial charge on any atom is 0.122 e. The Hall–Kier alpha value is -1.06. The highest BCUT2D eigenvalue weighted by molar-refractivity contribution is 5.40. The van der Waals surface area contributed by atoms with Crippen molar-refractivity contribution >= 4 is 0 Å². The number of hydrogen-bond acceptors (Lipinski definition) is 3. The van der Waals surface area contributed by atoms with Gasteiger partial charge in [-0.25, -0.2) is 5.01 Å². The highest BCUT2D eigenvalue weighted by Crippen LogP contribution is 2.22. The summed E-state index contributed by atoms with van der Waals surface area (Å²) in [6.45, 7) is 7.62. The Labute approximate surface area is 91.8 Å². The van der Waals surface area contributed by atoms with Crippen molar-refractivity contribution in [3.8, 4) is 5.75 Å². The fourth-order valence-electron chi connectivity index (χ4n) is 1.39. The van der Waals surface area contributed by atoms with Crippen molar-refractivity contribution in [2.45, 2.75) is 20.8 Å². The predicted molar refractivity (Wildman–Crippen MR) is 63.0 cm³/mol. The Kier molecular flexibility index (Phi) is 4.12. The zero-order valence-corrected chi connectivity index (χ0v) is 10.0. The minimum atomic E-state index is 0.621. The second-order valence-corrected chi connectivity index (χ2v) is 4.03. The minimum absolute atomic E-state index is 0.621. The van der Waals surface area contributed by atoms with Gasteiger partial charge in [-0.1, -0.05) is 6.07 Å². The summed E-state index contributed by atoms with van der Waals surface area (Å²) in [5.74, 6) is 6.46. The molecule has 0 aliphatic rings. The molecule has 84 valence electrons. The van der Waals surface area contributed by atoms with Gasteiger partial charge in [0.15, 0.2) is 0 Å². The number of rotatable bonds is 4. The number of nitrogens with two attached hydrogens (primary N) is 1. The highest BCUT2D eigenvalue weighted by atomic mass is 16.5. The van der Waals surface area contributed by atoms with E-state index in [9.17, 15) is 0 Å². The first kappa shape index (κ1) is 12.0. The first-order valence-corrected chi connectivity index (χ1v) is 5.17. The number of ether oxygens (including phenoxy) is 1. The van der Waals surface area contributed by atoms with Gasteiger partial charge >= 0.3 is 0 Å². The third-order valence-electron chi connectivity index (χ3n) is 2.49. The largest absolute Gasteiger partial charge is 0.492 e. The quantitative estimate of drug-likeness (QED) is 0.605. The van der Waals surface area contributed by atoms with Gasteiger partial charge in [0.25, 0.3) is 0 Å². The number of aryl methyl sites for hydroxylation is 3. The fraction of sp³-hybridized carbons (Fsp3) is 0.500. The summed E-state index contributed by atoms with van der Waals surface area (Å²) in [5, 5.41) is 1.62. The molecule has 1 aromatic rings. The fourth-order valence-corrected chi connectivity index (χ4v) is 1.39. The zero-order chi connectivity index (χ0) is 11.4. The average molecular weight is 208 g/mol. The first-order chi connectivity index (χ1) is 7.00. The van der Waals surface area contributed by atoms with Gasteiger partial charge in [-0.3, -0.25) is 5.84 Å². The van der Waals surface area contributed by atoms with Crippen LogP contribution in [0.1, 0.15) is 16.7 Å². The summed E-state index contributed by atoms with van der Waals surface area (Å²) >= 11 is 0. The second-order valence-electron chi connectivity index (χ2n) is 4.03. The molecule has 2 N–H and O–H groups in total. The first-order valence-electron chi connectivity index (χ1n) is 5.17. The van der Waals surface area contributed by atoms with Crippen LogP contribution in [0.15, 0.2) is 12.1 Å². The Balaban J connectivity index is 2.65. The maximum absolute atomic E-state index is 5.66. The lowest BCUT2D eigenvalue weighted by Gasteiger charge is -2.14. The van der Waals surface area contributed by atoms with Crippen molar-refractivity contribution in [2.75, 3.05) is 20.2 Å². The van der Waals surface area contributed by atoms with Gasteiger partial charge in [0.05, 0.1) is 0 Å². The van der Waals surface area contributed by atoms with Crippen LogP contribution in [-0.2, 0) is 0 Å². The van der Waals surface area contributed by atoms with E-state index in [1.165, 1.54) is 16.7 Å². The molecule has 0 spiro atoms. The lowest BCUT2D eigenvalue weighted by Crippen LogP contribution is -2.30. The molecule has 15 heavy (non-hydrogen) atoms. The third kappa shape index (κ3) is 3.53. The number of hydrazine groups is 1. The minimum Gasteiger partial charge on any atom is -0.492 e. The molecule has 0 unspecified atom stereocenters. The molecule has 0 atom stereocenters. The standard InChI is InChI=1S/C12H20N2O/c1-9-7-11(3)12(8-10(9)2)15-6-5-14(4)13/h7-8H,5-6,13H2,1-4H3. The van der Waals surface area contributed by atoms with E-state index in [0.29, 0.717) is 6.61 Å². The Morgan fingerprint density at radius 1 is 1.13 bits per heavy atom. The smallest absolute Gasteiger partial charge is 0.122 e. The van der Waals surface area contributed by atoms with Crippen molar-refractivity contribution in [2.24, 2.45) is 5.84 Å². The van der Waals surface area contributed by atoms with Crippen LogP contribution in [0, 0.1) is 20.8 Å². The Morgan fingerprint density at radius 3 is 2.33 bits per heavy atom.